The fourth-order valence-electron chi connectivity index (χ4n) is 10.5. The molecule has 0 aromatic carbocycles. The lowest BCUT2D eigenvalue weighted by atomic mass is 9.45. The summed E-state index contributed by atoms with van der Waals surface area (Å²) in [5.41, 5.74) is 7.92. The minimum Gasteiger partial charge on any atom is -0.389 e. The Bertz CT molecular complexity index is 831. The topological polar surface area (TPSA) is 82.3 Å². The molecule has 0 bridgehead atoms. The Kier molecular flexibility index (Phi) is 13.3. The van der Waals surface area contributed by atoms with Gasteiger partial charge in [-0.3, -0.25) is 0 Å². The van der Waals surface area contributed by atoms with E-state index in [9.17, 15) is 5.11 Å². The molecule has 5 nitrogen and oxygen atoms in total. The van der Waals surface area contributed by atoms with Crippen LogP contribution in [0.4, 0.5) is 0 Å². The largest absolute Gasteiger partial charge is 0.389 e. The number of fused-ring (bicyclic) bond motifs is 5. The van der Waals surface area contributed by atoms with Gasteiger partial charge in [0.05, 0.1) is 6.10 Å². The summed E-state index contributed by atoms with van der Waals surface area (Å²) >= 11 is 0. The molecule has 244 valence electrons. The Morgan fingerprint density at radius 3 is 2.26 bits per heavy atom. The fraction of sp³-hybridized carbons (Fsp3) is 0.946. The number of rotatable bonds is 18. The highest BCUT2D eigenvalue weighted by Crippen LogP contribution is 2.67. The van der Waals surface area contributed by atoms with E-state index in [1.807, 2.05) is 0 Å². The maximum absolute atomic E-state index is 10.7. The van der Waals surface area contributed by atoms with Crippen molar-refractivity contribution in [2.24, 2.45) is 52.1 Å². The van der Waals surface area contributed by atoms with Crippen LogP contribution >= 0.6 is 0 Å². The van der Waals surface area contributed by atoms with Crippen molar-refractivity contribution in [1.29, 1.82) is 0 Å². The van der Waals surface area contributed by atoms with Gasteiger partial charge in [-0.05, 0) is 162 Å². The van der Waals surface area contributed by atoms with E-state index >= 15 is 0 Å². The molecule has 0 spiro atoms. The molecule has 6 N–H and O–H groups in total. The molecule has 5 heteroatoms. The van der Waals surface area contributed by atoms with Crippen molar-refractivity contribution in [3.8, 4) is 0 Å². The SMILES string of the molecule is CC(C)CCC[C@@H](C)[C@H]1CCC2C3C[C@@H](NCCCNCCCCNCCCN)C4=C[C@@H](O)CC[C@]4(C)C3CC[C@@]21C. The highest BCUT2D eigenvalue weighted by molar-refractivity contribution is 5.30. The molecule has 3 unspecified atom stereocenters. The molecule has 0 saturated heterocycles. The van der Waals surface area contributed by atoms with Gasteiger partial charge in [0.25, 0.3) is 0 Å². The fourth-order valence-corrected chi connectivity index (χ4v) is 10.5. The molecule has 0 amide bonds. The van der Waals surface area contributed by atoms with E-state index in [0.717, 1.165) is 87.6 Å². The van der Waals surface area contributed by atoms with E-state index in [1.54, 1.807) is 5.57 Å². The number of nitrogens with two attached hydrogens (primary N) is 1. The lowest BCUT2D eigenvalue weighted by molar-refractivity contribution is -0.0686. The molecule has 0 aromatic heterocycles. The van der Waals surface area contributed by atoms with Gasteiger partial charge in [0, 0.05) is 6.04 Å². The second-order valence-corrected chi connectivity index (χ2v) is 16.0. The third-order valence-corrected chi connectivity index (χ3v) is 12.8. The van der Waals surface area contributed by atoms with E-state index in [1.165, 1.54) is 77.0 Å². The summed E-state index contributed by atoms with van der Waals surface area (Å²) < 4.78 is 0. The predicted molar refractivity (Wildman–Crippen MR) is 179 cm³/mol. The summed E-state index contributed by atoms with van der Waals surface area (Å²) in [5.74, 6) is 5.13. The van der Waals surface area contributed by atoms with Gasteiger partial charge in [-0.25, -0.2) is 0 Å². The lowest BCUT2D eigenvalue weighted by Crippen LogP contribution is -2.57. The quantitative estimate of drug-likeness (QED) is 0.0917. The van der Waals surface area contributed by atoms with Gasteiger partial charge in [-0.1, -0.05) is 60.0 Å². The predicted octanol–water partition coefficient (Wildman–Crippen LogP) is 6.66. The second-order valence-electron chi connectivity index (χ2n) is 16.0. The average Bonchev–Trinajstić information content (AvgIpc) is 3.31. The van der Waals surface area contributed by atoms with E-state index in [2.05, 4.69) is 56.6 Å². The summed E-state index contributed by atoms with van der Waals surface area (Å²) in [6.45, 7) is 18.8. The summed E-state index contributed by atoms with van der Waals surface area (Å²) in [7, 11) is 0. The molecular weight excluding hydrogens is 516 g/mol. The van der Waals surface area contributed by atoms with Crippen LogP contribution in [-0.4, -0.2) is 56.5 Å². The number of nitrogens with one attached hydrogen (secondary N) is 3. The van der Waals surface area contributed by atoms with Crippen molar-refractivity contribution < 1.29 is 5.11 Å². The van der Waals surface area contributed by atoms with Crippen LogP contribution in [0.5, 0.6) is 0 Å². The minimum absolute atomic E-state index is 0.253. The Balaban J connectivity index is 1.31. The van der Waals surface area contributed by atoms with Gasteiger partial charge >= 0.3 is 0 Å². The zero-order chi connectivity index (χ0) is 30.2. The van der Waals surface area contributed by atoms with E-state index in [-0.39, 0.29) is 11.5 Å². The van der Waals surface area contributed by atoms with E-state index in [0.29, 0.717) is 11.5 Å². The minimum atomic E-state index is -0.253. The Hall–Kier alpha value is -0.460. The Morgan fingerprint density at radius 2 is 1.55 bits per heavy atom. The number of hydrogen-bond acceptors (Lipinski definition) is 5. The van der Waals surface area contributed by atoms with Crippen molar-refractivity contribution in [2.45, 2.75) is 137 Å². The van der Waals surface area contributed by atoms with Gasteiger partial charge in [0.1, 0.15) is 0 Å². The Morgan fingerprint density at radius 1 is 0.833 bits per heavy atom. The maximum atomic E-state index is 10.7. The van der Waals surface area contributed by atoms with Gasteiger partial charge < -0.3 is 26.8 Å². The van der Waals surface area contributed by atoms with Gasteiger partial charge in [-0.15, -0.1) is 0 Å². The maximum Gasteiger partial charge on any atom is 0.0724 e. The first-order valence-electron chi connectivity index (χ1n) is 18.5. The van der Waals surface area contributed by atoms with Crippen LogP contribution in [0.25, 0.3) is 0 Å². The second kappa shape index (κ2) is 16.2. The van der Waals surface area contributed by atoms with Crippen LogP contribution < -0.4 is 21.7 Å². The number of hydrogen-bond donors (Lipinski definition) is 5. The molecule has 0 heterocycles. The van der Waals surface area contributed by atoms with Crippen molar-refractivity contribution in [3.05, 3.63) is 11.6 Å². The summed E-state index contributed by atoms with van der Waals surface area (Å²) in [6, 6.07) is 0.440. The highest BCUT2D eigenvalue weighted by Gasteiger charge is 2.60. The molecule has 0 aromatic rings. The normalized spacial score (nSPS) is 36.8. The first-order valence-corrected chi connectivity index (χ1v) is 18.5. The molecule has 0 radical (unpaired) electrons. The molecule has 0 aliphatic heterocycles. The smallest absolute Gasteiger partial charge is 0.0724 e. The zero-order valence-electron chi connectivity index (χ0n) is 28.4. The average molecular weight is 587 g/mol. The molecule has 9 atom stereocenters. The van der Waals surface area contributed by atoms with Crippen LogP contribution in [0.2, 0.25) is 0 Å². The van der Waals surface area contributed by atoms with Crippen molar-refractivity contribution in [1.82, 2.24) is 16.0 Å². The zero-order valence-corrected chi connectivity index (χ0v) is 28.4. The molecule has 3 saturated carbocycles. The van der Waals surface area contributed by atoms with Gasteiger partial charge in [0.15, 0.2) is 0 Å². The van der Waals surface area contributed by atoms with Crippen LogP contribution in [0.3, 0.4) is 0 Å². The summed E-state index contributed by atoms with van der Waals surface area (Å²) in [6.07, 6.45) is 20.1. The van der Waals surface area contributed by atoms with Gasteiger partial charge in [-0.2, -0.15) is 0 Å². The Labute approximate surface area is 260 Å². The highest BCUT2D eigenvalue weighted by atomic mass is 16.3. The number of unbranched alkanes of at least 4 members (excludes halogenated alkanes) is 1. The number of aliphatic hydroxyl groups is 1. The third-order valence-electron chi connectivity index (χ3n) is 12.8. The molecular formula is C37H70N4O. The third kappa shape index (κ3) is 8.22. The van der Waals surface area contributed by atoms with Crippen LogP contribution in [0, 0.1) is 46.3 Å². The molecule has 42 heavy (non-hydrogen) atoms. The summed E-state index contributed by atoms with van der Waals surface area (Å²) in [5, 5.41) is 21.9. The molecule has 4 aliphatic rings. The molecule has 4 rings (SSSR count). The summed E-state index contributed by atoms with van der Waals surface area (Å²) in [4.78, 5) is 0. The molecule has 3 fully saturated rings. The monoisotopic (exact) mass is 587 g/mol. The molecule has 4 aliphatic carbocycles. The van der Waals surface area contributed by atoms with Crippen molar-refractivity contribution in [3.63, 3.8) is 0 Å². The standard InChI is InChI=1S/C37H70N4O/c1-27(2)11-8-12-28(3)31-13-14-32-30-26-35(41-24-10-23-40-21-7-6-20-39-22-9-19-38)34-25-29(42)15-17-37(34,5)33(30)16-18-36(31,32)4/h25,27-33,35,39-42H,6-24,26,38H2,1-5H3/t28-,29+,30?,31-,32?,33?,35-,36-,37-/m1/s1. The van der Waals surface area contributed by atoms with Crippen molar-refractivity contribution in [2.75, 3.05) is 39.3 Å². The van der Waals surface area contributed by atoms with Crippen LogP contribution in [-0.2, 0) is 0 Å². The van der Waals surface area contributed by atoms with Crippen molar-refractivity contribution >= 4 is 0 Å². The first-order chi connectivity index (χ1) is 20.2. The lowest BCUT2D eigenvalue weighted by Gasteiger charge is -2.60. The van der Waals surface area contributed by atoms with Gasteiger partial charge in [0.2, 0.25) is 0 Å². The van der Waals surface area contributed by atoms with Crippen LogP contribution in [0.1, 0.15) is 125 Å². The number of aliphatic hydroxyl groups excluding tert-OH is 1. The van der Waals surface area contributed by atoms with E-state index in [4.69, 9.17) is 5.73 Å². The van der Waals surface area contributed by atoms with E-state index < -0.39 is 0 Å². The van der Waals surface area contributed by atoms with Crippen LogP contribution in [0.15, 0.2) is 11.6 Å². The first kappa shape index (κ1) is 34.4.